The number of benzene rings is 4. The van der Waals surface area contributed by atoms with Gasteiger partial charge in [0.25, 0.3) is 0 Å². The Morgan fingerprint density at radius 1 is 0.614 bits per heavy atom. The maximum Gasteiger partial charge on any atom is 0.118 e. The Hall–Kier alpha value is -4.44. The Morgan fingerprint density at radius 2 is 1.25 bits per heavy atom. The van der Waals surface area contributed by atoms with Crippen molar-refractivity contribution in [2.45, 2.75) is 64.0 Å². The van der Waals surface area contributed by atoms with Crippen molar-refractivity contribution in [2.24, 2.45) is 0 Å². The highest BCUT2D eigenvalue weighted by molar-refractivity contribution is 5.88. The number of aryl methyl sites for hydroxylation is 2. The van der Waals surface area contributed by atoms with E-state index in [4.69, 9.17) is 9.47 Å². The van der Waals surface area contributed by atoms with Crippen LogP contribution in [0.1, 0.15) is 70.8 Å². The van der Waals surface area contributed by atoms with Crippen LogP contribution in [0.3, 0.4) is 0 Å². The summed E-state index contributed by atoms with van der Waals surface area (Å²) in [6.45, 7) is 1.77. The maximum absolute atomic E-state index is 5.45. The van der Waals surface area contributed by atoms with E-state index in [0.29, 0.717) is 5.92 Å². The largest absolute Gasteiger partial charge is 0.497 e. The molecule has 2 aromatic heterocycles. The average Bonchev–Trinajstić information content (AvgIpc) is 3.57. The lowest BCUT2D eigenvalue weighted by Gasteiger charge is -2.27. The van der Waals surface area contributed by atoms with Gasteiger partial charge in [-0.15, -0.1) is 0 Å². The number of para-hydroxylation sites is 1. The number of methoxy groups -OCH3 is 2. The van der Waals surface area contributed by atoms with Gasteiger partial charge in [-0.3, -0.25) is 0 Å². The minimum atomic E-state index is 0.387. The monoisotopic (exact) mass is 580 g/mol. The van der Waals surface area contributed by atoms with E-state index in [1.807, 2.05) is 0 Å². The van der Waals surface area contributed by atoms with Crippen LogP contribution in [0.25, 0.3) is 21.8 Å². The van der Waals surface area contributed by atoms with Gasteiger partial charge in [-0.2, -0.15) is 0 Å². The van der Waals surface area contributed by atoms with Gasteiger partial charge < -0.3 is 18.6 Å². The molecule has 0 saturated heterocycles. The molecular formula is C40H40N2O2. The minimum absolute atomic E-state index is 0.387. The van der Waals surface area contributed by atoms with Crippen LogP contribution in [0.2, 0.25) is 0 Å². The zero-order valence-electron chi connectivity index (χ0n) is 25.8. The molecule has 0 N–H and O–H groups in total. The first-order chi connectivity index (χ1) is 21.7. The topological polar surface area (TPSA) is 28.3 Å². The Kier molecular flexibility index (Phi) is 6.93. The van der Waals surface area contributed by atoms with E-state index in [0.717, 1.165) is 31.0 Å². The molecule has 0 saturated carbocycles. The fraction of sp³-hybridized carbons (Fsp3) is 0.300. The molecule has 0 radical (unpaired) electrons. The van der Waals surface area contributed by atoms with Crippen LogP contribution < -0.4 is 9.47 Å². The molecule has 6 aromatic rings. The molecule has 0 spiro atoms. The number of hydrogen-bond donors (Lipinski definition) is 0. The highest BCUT2D eigenvalue weighted by Crippen LogP contribution is 2.44. The first-order valence-corrected chi connectivity index (χ1v) is 16.2. The summed E-state index contributed by atoms with van der Waals surface area (Å²) in [5.74, 6) is 2.20. The SMILES string of the molecule is COc1ccc(Cn2c3c(c4cc(C5CCCc6c5n(Cc5ccc(OC)cc5)c5ccccc65)ccc42)CCCC3)cc1. The summed E-state index contributed by atoms with van der Waals surface area (Å²) < 4.78 is 16.1. The molecule has 2 aliphatic carbocycles. The van der Waals surface area contributed by atoms with E-state index >= 15 is 0 Å². The first-order valence-electron chi connectivity index (χ1n) is 16.2. The third kappa shape index (κ3) is 4.59. The molecule has 8 rings (SSSR count). The summed E-state index contributed by atoms with van der Waals surface area (Å²) in [5.41, 5.74) is 13.0. The number of nitrogens with zero attached hydrogens (tertiary/aromatic N) is 2. The molecule has 1 unspecified atom stereocenters. The van der Waals surface area contributed by atoms with Gasteiger partial charge in [-0.05, 0) is 115 Å². The highest BCUT2D eigenvalue weighted by atomic mass is 16.5. The third-order valence-electron chi connectivity index (χ3n) is 10.2. The zero-order valence-corrected chi connectivity index (χ0v) is 25.8. The van der Waals surface area contributed by atoms with Crippen LogP contribution in [-0.2, 0) is 32.4 Å². The molecule has 222 valence electrons. The van der Waals surface area contributed by atoms with Gasteiger partial charge >= 0.3 is 0 Å². The second kappa shape index (κ2) is 11.2. The summed E-state index contributed by atoms with van der Waals surface area (Å²) in [6, 6.07) is 33.6. The van der Waals surface area contributed by atoms with Crippen molar-refractivity contribution in [3.8, 4) is 11.5 Å². The molecule has 2 aliphatic rings. The lowest BCUT2D eigenvalue weighted by atomic mass is 9.81. The second-order valence-corrected chi connectivity index (χ2v) is 12.6. The summed E-state index contributed by atoms with van der Waals surface area (Å²) in [5, 5.41) is 2.89. The van der Waals surface area contributed by atoms with Crippen LogP contribution >= 0.6 is 0 Å². The van der Waals surface area contributed by atoms with E-state index in [9.17, 15) is 0 Å². The Morgan fingerprint density at radius 3 is 1.98 bits per heavy atom. The lowest BCUT2D eigenvalue weighted by Crippen LogP contribution is -2.16. The van der Waals surface area contributed by atoms with E-state index in [-0.39, 0.29) is 0 Å². The van der Waals surface area contributed by atoms with Gasteiger partial charge in [0.1, 0.15) is 11.5 Å². The van der Waals surface area contributed by atoms with E-state index in [1.165, 1.54) is 88.4 Å². The Bertz CT molecular complexity index is 1960. The average molecular weight is 581 g/mol. The molecule has 44 heavy (non-hydrogen) atoms. The molecule has 2 heterocycles. The Balaban J connectivity index is 1.23. The minimum Gasteiger partial charge on any atom is -0.497 e. The van der Waals surface area contributed by atoms with Crippen molar-refractivity contribution in [1.82, 2.24) is 9.13 Å². The van der Waals surface area contributed by atoms with Crippen molar-refractivity contribution in [1.29, 1.82) is 0 Å². The number of fused-ring (bicyclic) bond motifs is 6. The second-order valence-electron chi connectivity index (χ2n) is 12.6. The first kappa shape index (κ1) is 27.1. The van der Waals surface area contributed by atoms with E-state index in [2.05, 4.69) is 100 Å². The van der Waals surface area contributed by atoms with Crippen molar-refractivity contribution in [3.63, 3.8) is 0 Å². The molecular weight excluding hydrogens is 540 g/mol. The smallest absolute Gasteiger partial charge is 0.118 e. The van der Waals surface area contributed by atoms with Gasteiger partial charge in [0.15, 0.2) is 0 Å². The van der Waals surface area contributed by atoms with Crippen LogP contribution in [0.15, 0.2) is 91.0 Å². The lowest BCUT2D eigenvalue weighted by molar-refractivity contribution is 0.414. The van der Waals surface area contributed by atoms with Crippen molar-refractivity contribution in [3.05, 3.63) is 130 Å². The molecule has 4 aromatic carbocycles. The summed E-state index contributed by atoms with van der Waals surface area (Å²) in [4.78, 5) is 0. The van der Waals surface area contributed by atoms with Crippen molar-refractivity contribution < 1.29 is 9.47 Å². The Labute approximate surface area is 259 Å². The van der Waals surface area contributed by atoms with Crippen LogP contribution in [0.4, 0.5) is 0 Å². The van der Waals surface area contributed by atoms with Crippen LogP contribution in [0.5, 0.6) is 11.5 Å². The maximum atomic E-state index is 5.45. The highest BCUT2D eigenvalue weighted by Gasteiger charge is 2.30. The predicted molar refractivity (Wildman–Crippen MR) is 179 cm³/mol. The van der Waals surface area contributed by atoms with Gasteiger partial charge in [0.2, 0.25) is 0 Å². The molecule has 0 amide bonds. The van der Waals surface area contributed by atoms with Crippen LogP contribution in [0, 0.1) is 0 Å². The number of hydrogen-bond acceptors (Lipinski definition) is 2. The number of rotatable bonds is 7. The van der Waals surface area contributed by atoms with Crippen molar-refractivity contribution >= 4 is 21.8 Å². The number of ether oxygens (including phenoxy) is 2. The third-order valence-corrected chi connectivity index (χ3v) is 10.2. The predicted octanol–water partition coefficient (Wildman–Crippen LogP) is 9.06. The zero-order chi connectivity index (χ0) is 29.6. The number of aromatic nitrogens is 2. The van der Waals surface area contributed by atoms with E-state index < -0.39 is 0 Å². The summed E-state index contributed by atoms with van der Waals surface area (Å²) in [6.07, 6.45) is 8.46. The molecule has 0 fully saturated rings. The normalized spacial score (nSPS) is 16.2. The fourth-order valence-corrected chi connectivity index (χ4v) is 8.05. The van der Waals surface area contributed by atoms with Gasteiger partial charge in [0.05, 0.1) is 14.2 Å². The molecule has 0 bridgehead atoms. The fourth-order valence-electron chi connectivity index (χ4n) is 8.05. The summed E-state index contributed by atoms with van der Waals surface area (Å²) >= 11 is 0. The molecule has 1 atom stereocenters. The van der Waals surface area contributed by atoms with Gasteiger partial charge in [-0.25, -0.2) is 0 Å². The molecule has 4 nitrogen and oxygen atoms in total. The van der Waals surface area contributed by atoms with Crippen molar-refractivity contribution in [2.75, 3.05) is 14.2 Å². The van der Waals surface area contributed by atoms with Gasteiger partial charge in [-0.1, -0.05) is 48.5 Å². The van der Waals surface area contributed by atoms with Crippen LogP contribution in [-0.4, -0.2) is 23.4 Å². The van der Waals surface area contributed by atoms with E-state index in [1.54, 1.807) is 25.3 Å². The standard InChI is InChI=1S/C40H40N2O2/c1-43-30-19-14-27(15-20-30)25-41-37-12-5-4-9-34(37)36-24-29(18-23-39(36)41)32-10-7-11-35-33-8-3-6-13-38(33)42(40(32)35)26-28-16-21-31(44-2)22-17-28/h3,6,8,13-24,32H,4-5,7,9-12,25-26H2,1-2H3. The molecule has 4 heteroatoms. The van der Waals surface area contributed by atoms with Gasteiger partial charge in [0, 0.05) is 52.2 Å². The molecule has 0 aliphatic heterocycles. The quantitative estimate of drug-likeness (QED) is 0.188. The summed E-state index contributed by atoms with van der Waals surface area (Å²) in [7, 11) is 3.47.